The molecule has 0 saturated carbocycles. The lowest BCUT2D eigenvalue weighted by atomic mass is 10.2. The summed E-state index contributed by atoms with van der Waals surface area (Å²) in [7, 11) is -2.96. The summed E-state index contributed by atoms with van der Waals surface area (Å²) in [4.78, 5) is 23.1. The Labute approximate surface area is 159 Å². The Kier molecular flexibility index (Phi) is 5.74. The maximum Gasteiger partial charge on any atom is 0.274 e. The average Bonchev–Trinajstić information content (AvgIpc) is 2.99. The van der Waals surface area contributed by atoms with Gasteiger partial charge in [0.2, 0.25) is 0 Å². The van der Waals surface area contributed by atoms with Crippen LogP contribution in [0.3, 0.4) is 0 Å². The SMILES string of the molecule is CC(C)N(Cc1ccccc1)C(=O)c1cnc(NC2CCS(=O)(=O)C2)cn1. The second-order valence-corrected chi connectivity index (χ2v) is 9.27. The van der Waals surface area contributed by atoms with Crippen LogP contribution in [0.25, 0.3) is 0 Å². The predicted molar refractivity (Wildman–Crippen MR) is 104 cm³/mol. The molecule has 1 aromatic carbocycles. The van der Waals surface area contributed by atoms with Crippen molar-refractivity contribution < 1.29 is 13.2 Å². The normalized spacial score (nSPS) is 18.4. The molecule has 7 nitrogen and oxygen atoms in total. The molecule has 2 aromatic rings. The van der Waals surface area contributed by atoms with Gasteiger partial charge in [-0.05, 0) is 25.8 Å². The van der Waals surface area contributed by atoms with E-state index in [-0.39, 0.29) is 35.2 Å². The Morgan fingerprint density at radius 2 is 1.96 bits per heavy atom. The number of hydrogen-bond acceptors (Lipinski definition) is 6. The highest BCUT2D eigenvalue weighted by atomic mass is 32.2. The van der Waals surface area contributed by atoms with Gasteiger partial charge >= 0.3 is 0 Å². The van der Waals surface area contributed by atoms with Gasteiger partial charge in [-0.3, -0.25) is 4.79 Å². The van der Waals surface area contributed by atoms with Crippen molar-refractivity contribution in [1.82, 2.24) is 14.9 Å². The molecular formula is C19H24N4O3S. The molecule has 8 heteroatoms. The van der Waals surface area contributed by atoms with Gasteiger partial charge in [-0.25, -0.2) is 18.4 Å². The quantitative estimate of drug-likeness (QED) is 0.815. The van der Waals surface area contributed by atoms with Crippen LogP contribution in [-0.4, -0.2) is 52.8 Å². The van der Waals surface area contributed by atoms with Crippen molar-refractivity contribution >= 4 is 21.6 Å². The largest absolute Gasteiger partial charge is 0.365 e. The standard InChI is InChI=1S/C19H24N4O3S/c1-14(2)23(12-15-6-4-3-5-7-15)19(24)17-10-21-18(11-20-17)22-16-8-9-27(25,26)13-16/h3-7,10-11,14,16H,8-9,12-13H2,1-2H3,(H,21,22). The van der Waals surface area contributed by atoms with E-state index in [4.69, 9.17) is 0 Å². The lowest BCUT2D eigenvalue weighted by Gasteiger charge is -2.26. The topological polar surface area (TPSA) is 92.3 Å². The molecule has 0 bridgehead atoms. The molecule has 1 saturated heterocycles. The lowest BCUT2D eigenvalue weighted by Crippen LogP contribution is -2.37. The first-order chi connectivity index (χ1) is 12.8. The van der Waals surface area contributed by atoms with Crippen molar-refractivity contribution in [1.29, 1.82) is 0 Å². The molecule has 0 spiro atoms. The lowest BCUT2D eigenvalue weighted by molar-refractivity contribution is 0.0684. The van der Waals surface area contributed by atoms with Gasteiger partial charge in [0, 0.05) is 18.6 Å². The van der Waals surface area contributed by atoms with E-state index in [1.54, 1.807) is 4.90 Å². The number of hydrogen-bond donors (Lipinski definition) is 1. The summed E-state index contributed by atoms with van der Waals surface area (Å²) >= 11 is 0. The number of carbonyl (C=O) groups excluding carboxylic acids is 1. The molecule has 1 atom stereocenters. The van der Waals surface area contributed by atoms with Crippen LogP contribution >= 0.6 is 0 Å². The fourth-order valence-electron chi connectivity index (χ4n) is 3.05. The molecule has 144 valence electrons. The van der Waals surface area contributed by atoms with Crippen LogP contribution in [0.1, 0.15) is 36.3 Å². The molecule has 0 aliphatic carbocycles. The molecule has 1 aliphatic rings. The average molecular weight is 388 g/mol. The number of anilines is 1. The zero-order valence-corrected chi connectivity index (χ0v) is 16.3. The Hall–Kier alpha value is -2.48. The Morgan fingerprint density at radius 1 is 1.22 bits per heavy atom. The van der Waals surface area contributed by atoms with Crippen LogP contribution in [0.5, 0.6) is 0 Å². The van der Waals surface area contributed by atoms with E-state index in [0.717, 1.165) is 5.56 Å². The summed E-state index contributed by atoms with van der Waals surface area (Å²) in [6.07, 6.45) is 3.48. The molecule has 0 radical (unpaired) electrons. The number of carbonyl (C=O) groups is 1. The second kappa shape index (κ2) is 8.04. The highest BCUT2D eigenvalue weighted by Gasteiger charge is 2.28. The molecule has 1 aliphatic heterocycles. The molecule has 1 fully saturated rings. The van der Waals surface area contributed by atoms with E-state index < -0.39 is 9.84 Å². The molecule has 2 heterocycles. The number of benzene rings is 1. The van der Waals surface area contributed by atoms with Crippen molar-refractivity contribution in [3.8, 4) is 0 Å². The van der Waals surface area contributed by atoms with Crippen molar-refractivity contribution in [2.45, 2.75) is 38.9 Å². The third-order valence-electron chi connectivity index (χ3n) is 4.54. The van der Waals surface area contributed by atoms with Crippen molar-refractivity contribution in [3.63, 3.8) is 0 Å². The number of sulfone groups is 1. The monoisotopic (exact) mass is 388 g/mol. The third kappa shape index (κ3) is 5.03. The zero-order chi connectivity index (χ0) is 19.4. The van der Waals surface area contributed by atoms with Gasteiger partial charge in [-0.1, -0.05) is 30.3 Å². The van der Waals surface area contributed by atoms with Gasteiger partial charge in [0.05, 0.1) is 23.9 Å². The van der Waals surface area contributed by atoms with Crippen molar-refractivity contribution in [3.05, 3.63) is 54.0 Å². The molecule has 1 amide bonds. The van der Waals surface area contributed by atoms with Crippen molar-refractivity contribution in [2.24, 2.45) is 0 Å². The summed E-state index contributed by atoms with van der Waals surface area (Å²) in [5.41, 5.74) is 1.32. The number of rotatable bonds is 6. The van der Waals surface area contributed by atoms with E-state index in [1.165, 1.54) is 12.4 Å². The molecular weight excluding hydrogens is 364 g/mol. The molecule has 27 heavy (non-hydrogen) atoms. The maximum atomic E-state index is 12.9. The molecule has 1 unspecified atom stereocenters. The van der Waals surface area contributed by atoms with Gasteiger partial charge in [0.1, 0.15) is 11.5 Å². The maximum absolute atomic E-state index is 12.9. The predicted octanol–water partition coefficient (Wildman–Crippen LogP) is 2.13. The summed E-state index contributed by atoms with van der Waals surface area (Å²) < 4.78 is 23.1. The number of amides is 1. The van der Waals surface area contributed by atoms with Crippen LogP contribution in [0.15, 0.2) is 42.7 Å². The minimum Gasteiger partial charge on any atom is -0.365 e. The summed E-state index contributed by atoms with van der Waals surface area (Å²) in [5.74, 6) is 0.592. The number of nitrogens with one attached hydrogen (secondary N) is 1. The smallest absolute Gasteiger partial charge is 0.274 e. The highest BCUT2D eigenvalue weighted by molar-refractivity contribution is 7.91. The van der Waals surface area contributed by atoms with E-state index in [2.05, 4.69) is 15.3 Å². The van der Waals surface area contributed by atoms with Crippen LogP contribution in [0.2, 0.25) is 0 Å². The zero-order valence-electron chi connectivity index (χ0n) is 15.5. The van der Waals surface area contributed by atoms with Crippen LogP contribution in [0, 0.1) is 0 Å². The van der Waals surface area contributed by atoms with Gasteiger partial charge in [0.25, 0.3) is 5.91 Å². The Bertz CT molecular complexity index is 883. The van der Waals surface area contributed by atoms with E-state index in [9.17, 15) is 13.2 Å². The Morgan fingerprint density at radius 3 is 2.52 bits per heavy atom. The molecule has 1 N–H and O–H groups in total. The van der Waals surface area contributed by atoms with E-state index >= 15 is 0 Å². The van der Waals surface area contributed by atoms with E-state index in [0.29, 0.717) is 18.8 Å². The fraction of sp³-hybridized carbons (Fsp3) is 0.421. The minimum absolute atomic E-state index is 0.0148. The molecule has 3 rings (SSSR count). The minimum atomic E-state index is -2.96. The number of nitrogens with zero attached hydrogens (tertiary/aromatic N) is 3. The fourth-order valence-corrected chi connectivity index (χ4v) is 4.72. The number of aromatic nitrogens is 2. The van der Waals surface area contributed by atoms with Crippen LogP contribution < -0.4 is 5.32 Å². The Balaban J connectivity index is 1.68. The first-order valence-corrected chi connectivity index (χ1v) is 10.8. The first kappa shape index (κ1) is 19.3. The summed E-state index contributed by atoms with van der Waals surface area (Å²) in [6, 6.07) is 9.66. The third-order valence-corrected chi connectivity index (χ3v) is 6.30. The van der Waals surface area contributed by atoms with Crippen LogP contribution in [-0.2, 0) is 16.4 Å². The highest BCUT2D eigenvalue weighted by Crippen LogP contribution is 2.17. The summed E-state index contributed by atoms with van der Waals surface area (Å²) in [6.45, 7) is 4.43. The first-order valence-electron chi connectivity index (χ1n) is 8.98. The van der Waals surface area contributed by atoms with Gasteiger partial charge < -0.3 is 10.2 Å². The van der Waals surface area contributed by atoms with Gasteiger partial charge in [-0.15, -0.1) is 0 Å². The van der Waals surface area contributed by atoms with E-state index in [1.807, 2.05) is 44.2 Å². The second-order valence-electron chi connectivity index (χ2n) is 7.04. The van der Waals surface area contributed by atoms with Gasteiger partial charge in [0.15, 0.2) is 9.84 Å². The van der Waals surface area contributed by atoms with Gasteiger partial charge in [-0.2, -0.15) is 0 Å². The van der Waals surface area contributed by atoms with Crippen LogP contribution in [0.4, 0.5) is 5.82 Å². The summed E-state index contributed by atoms with van der Waals surface area (Å²) in [5, 5.41) is 3.08. The molecule has 1 aromatic heterocycles. The van der Waals surface area contributed by atoms with Crippen molar-refractivity contribution in [2.75, 3.05) is 16.8 Å².